The Kier molecular flexibility index (Phi) is 2.02. The predicted octanol–water partition coefficient (Wildman–Crippen LogP) is 1.73. The van der Waals surface area contributed by atoms with E-state index < -0.39 is 18.3 Å². The van der Waals surface area contributed by atoms with Gasteiger partial charge in [-0.2, -0.15) is 0 Å². The fourth-order valence-corrected chi connectivity index (χ4v) is 1.67. The highest BCUT2D eigenvalue weighted by molar-refractivity contribution is 5.67. The second-order valence-corrected chi connectivity index (χ2v) is 4.26. The summed E-state index contributed by atoms with van der Waals surface area (Å²) in [5, 5.41) is 8.64. The molecule has 1 aliphatic rings. The van der Waals surface area contributed by atoms with E-state index in [1.807, 2.05) is 20.8 Å². The molecule has 1 amide bonds. The average molecular weight is 175 g/mol. The van der Waals surface area contributed by atoms with E-state index in [4.69, 9.17) is 5.11 Å². The molecule has 1 rings (SSSR count). The molecule has 1 saturated heterocycles. The molecule has 1 heterocycles. The highest BCUT2D eigenvalue weighted by Gasteiger charge is 2.48. The van der Waals surface area contributed by atoms with Gasteiger partial charge in [-0.1, -0.05) is 20.8 Å². The van der Waals surface area contributed by atoms with Crippen molar-refractivity contribution in [3.8, 4) is 0 Å². The van der Waals surface area contributed by atoms with Gasteiger partial charge in [0.05, 0.1) is 12.6 Å². The summed E-state index contributed by atoms with van der Waals surface area (Å²) >= 11 is 0. The number of halogens is 1. The first-order chi connectivity index (χ1) is 5.34. The number of nitrogens with zero attached hydrogens (tertiary/aromatic N) is 1. The fourth-order valence-electron chi connectivity index (χ4n) is 1.67. The molecular formula is C8H14FNO2. The van der Waals surface area contributed by atoms with Crippen LogP contribution in [0.15, 0.2) is 0 Å². The second kappa shape index (κ2) is 2.61. The molecule has 1 N–H and O–H groups in total. The van der Waals surface area contributed by atoms with Crippen molar-refractivity contribution in [2.75, 3.05) is 6.54 Å². The van der Waals surface area contributed by atoms with Gasteiger partial charge in [0.15, 0.2) is 0 Å². The lowest BCUT2D eigenvalue weighted by atomic mass is 9.78. The van der Waals surface area contributed by atoms with Gasteiger partial charge in [0.1, 0.15) is 6.17 Å². The van der Waals surface area contributed by atoms with Crippen molar-refractivity contribution in [1.82, 2.24) is 4.90 Å². The third kappa shape index (κ3) is 1.38. The van der Waals surface area contributed by atoms with Crippen LogP contribution in [0.25, 0.3) is 0 Å². The number of amides is 1. The lowest BCUT2D eigenvalue weighted by molar-refractivity contribution is -0.0503. The molecule has 1 fully saturated rings. The summed E-state index contributed by atoms with van der Waals surface area (Å²) in [6, 6.07) is -0.477. The number of alkyl halides is 1. The van der Waals surface area contributed by atoms with Crippen molar-refractivity contribution in [2.24, 2.45) is 5.41 Å². The van der Waals surface area contributed by atoms with Crippen molar-refractivity contribution < 1.29 is 14.3 Å². The molecule has 12 heavy (non-hydrogen) atoms. The SMILES string of the molecule is CC(C)(C)C1C(F)CN1C(=O)O. The summed E-state index contributed by atoms with van der Waals surface area (Å²) in [7, 11) is 0. The Hall–Kier alpha value is -0.800. The topological polar surface area (TPSA) is 40.5 Å². The van der Waals surface area contributed by atoms with E-state index in [1.54, 1.807) is 0 Å². The lowest BCUT2D eigenvalue weighted by Gasteiger charge is -2.49. The van der Waals surface area contributed by atoms with Crippen LogP contribution in [0.5, 0.6) is 0 Å². The van der Waals surface area contributed by atoms with Gasteiger partial charge >= 0.3 is 6.09 Å². The van der Waals surface area contributed by atoms with Gasteiger partial charge in [-0.25, -0.2) is 9.18 Å². The molecule has 70 valence electrons. The third-order valence-electron chi connectivity index (χ3n) is 2.18. The number of hydrogen-bond donors (Lipinski definition) is 1. The molecule has 0 spiro atoms. The van der Waals surface area contributed by atoms with Gasteiger partial charge in [-0.05, 0) is 5.41 Å². The molecule has 2 unspecified atom stereocenters. The minimum Gasteiger partial charge on any atom is -0.465 e. The van der Waals surface area contributed by atoms with Crippen LogP contribution in [0.3, 0.4) is 0 Å². The van der Waals surface area contributed by atoms with Crippen molar-refractivity contribution in [3.63, 3.8) is 0 Å². The zero-order chi connectivity index (χ0) is 9.52. The minimum atomic E-state index is -1.02. The van der Waals surface area contributed by atoms with Gasteiger partial charge in [0.25, 0.3) is 0 Å². The Bertz CT molecular complexity index is 200. The standard InChI is InChI=1S/C8H14FNO2/c1-8(2,3)6-5(9)4-10(6)7(11)12/h5-6H,4H2,1-3H3,(H,11,12). The zero-order valence-corrected chi connectivity index (χ0v) is 7.54. The summed E-state index contributed by atoms with van der Waals surface area (Å²) in [6.07, 6.45) is -2.02. The molecule has 1 aliphatic heterocycles. The predicted molar refractivity (Wildman–Crippen MR) is 42.9 cm³/mol. The highest BCUT2D eigenvalue weighted by Crippen LogP contribution is 2.35. The van der Waals surface area contributed by atoms with E-state index in [0.717, 1.165) is 4.90 Å². The van der Waals surface area contributed by atoms with Crippen molar-refractivity contribution in [2.45, 2.75) is 33.0 Å². The van der Waals surface area contributed by atoms with Crippen LogP contribution in [-0.4, -0.2) is 34.9 Å². The maximum Gasteiger partial charge on any atom is 0.407 e. The number of rotatable bonds is 0. The molecular weight excluding hydrogens is 161 g/mol. The summed E-state index contributed by atoms with van der Waals surface area (Å²) in [6.45, 7) is 5.56. The van der Waals surface area contributed by atoms with Gasteiger partial charge in [-0.3, -0.25) is 4.90 Å². The monoisotopic (exact) mass is 175 g/mol. The Morgan fingerprint density at radius 2 is 2.08 bits per heavy atom. The number of hydrogen-bond acceptors (Lipinski definition) is 1. The third-order valence-corrected chi connectivity index (χ3v) is 2.18. The summed E-state index contributed by atoms with van der Waals surface area (Å²) < 4.78 is 13.0. The molecule has 0 bridgehead atoms. The molecule has 0 aromatic rings. The number of carbonyl (C=O) groups is 1. The maximum absolute atomic E-state index is 13.0. The molecule has 2 atom stereocenters. The van der Waals surface area contributed by atoms with E-state index in [2.05, 4.69) is 0 Å². The van der Waals surface area contributed by atoms with Gasteiger partial charge in [-0.15, -0.1) is 0 Å². The largest absolute Gasteiger partial charge is 0.465 e. The summed E-state index contributed by atoms with van der Waals surface area (Å²) in [5.41, 5.74) is -0.309. The number of carboxylic acid groups (broad SMARTS) is 1. The normalized spacial score (nSPS) is 29.8. The van der Waals surface area contributed by atoms with Crippen molar-refractivity contribution >= 4 is 6.09 Å². The van der Waals surface area contributed by atoms with Crippen LogP contribution in [0.4, 0.5) is 9.18 Å². The van der Waals surface area contributed by atoms with E-state index in [-0.39, 0.29) is 12.0 Å². The molecule has 0 aromatic carbocycles. The number of likely N-dealkylation sites (tertiary alicyclic amines) is 1. The second-order valence-electron chi connectivity index (χ2n) is 4.26. The Morgan fingerprint density at radius 1 is 1.58 bits per heavy atom. The first-order valence-electron chi connectivity index (χ1n) is 3.97. The minimum absolute atomic E-state index is 0.0251. The van der Waals surface area contributed by atoms with Crippen LogP contribution in [-0.2, 0) is 0 Å². The lowest BCUT2D eigenvalue weighted by Crippen LogP contribution is -2.65. The Morgan fingerprint density at radius 3 is 2.25 bits per heavy atom. The maximum atomic E-state index is 13.0. The smallest absolute Gasteiger partial charge is 0.407 e. The molecule has 0 saturated carbocycles. The molecule has 0 aliphatic carbocycles. The fraction of sp³-hybridized carbons (Fsp3) is 0.875. The first kappa shape index (κ1) is 9.29. The zero-order valence-electron chi connectivity index (χ0n) is 7.54. The average Bonchev–Trinajstić information content (AvgIpc) is 1.77. The summed E-state index contributed by atoms with van der Waals surface area (Å²) in [5.74, 6) is 0. The van der Waals surface area contributed by atoms with Crippen LogP contribution < -0.4 is 0 Å². The van der Waals surface area contributed by atoms with Gasteiger partial charge in [0.2, 0.25) is 0 Å². The molecule has 0 radical (unpaired) electrons. The van der Waals surface area contributed by atoms with Crippen LogP contribution in [0, 0.1) is 5.41 Å². The highest BCUT2D eigenvalue weighted by atomic mass is 19.1. The van der Waals surface area contributed by atoms with E-state index in [9.17, 15) is 9.18 Å². The molecule has 0 aromatic heterocycles. The van der Waals surface area contributed by atoms with Gasteiger partial charge in [0, 0.05) is 0 Å². The molecule has 4 heteroatoms. The van der Waals surface area contributed by atoms with Crippen molar-refractivity contribution in [3.05, 3.63) is 0 Å². The Balaban J connectivity index is 2.68. The quantitative estimate of drug-likeness (QED) is 0.609. The van der Waals surface area contributed by atoms with E-state index in [1.165, 1.54) is 0 Å². The van der Waals surface area contributed by atoms with Gasteiger partial charge < -0.3 is 5.11 Å². The van der Waals surface area contributed by atoms with E-state index >= 15 is 0 Å². The molecule has 3 nitrogen and oxygen atoms in total. The summed E-state index contributed by atoms with van der Waals surface area (Å²) in [4.78, 5) is 11.7. The van der Waals surface area contributed by atoms with E-state index in [0.29, 0.717) is 0 Å². The Labute approximate surface area is 71.2 Å². The van der Waals surface area contributed by atoms with Crippen molar-refractivity contribution in [1.29, 1.82) is 0 Å². The van der Waals surface area contributed by atoms with Crippen LogP contribution >= 0.6 is 0 Å². The van der Waals surface area contributed by atoms with Crippen LogP contribution in [0.2, 0.25) is 0 Å². The first-order valence-corrected chi connectivity index (χ1v) is 3.97. The van der Waals surface area contributed by atoms with Crippen LogP contribution in [0.1, 0.15) is 20.8 Å².